The second kappa shape index (κ2) is 7.30. The summed E-state index contributed by atoms with van der Waals surface area (Å²) in [7, 11) is 0. The highest BCUT2D eigenvalue weighted by Gasteiger charge is 2.24. The van der Waals surface area contributed by atoms with Crippen LogP contribution in [0.25, 0.3) is 5.70 Å². The van der Waals surface area contributed by atoms with E-state index in [0.717, 1.165) is 48.3 Å². The second-order valence-corrected chi connectivity index (χ2v) is 6.76. The van der Waals surface area contributed by atoms with Crippen LogP contribution in [-0.2, 0) is 0 Å². The predicted molar refractivity (Wildman–Crippen MR) is 98.9 cm³/mol. The van der Waals surface area contributed by atoms with Crippen molar-refractivity contribution in [3.8, 4) is 0 Å². The molecule has 0 radical (unpaired) electrons. The minimum atomic E-state index is -0.252. The van der Waals surface area contributed by atoms with Gasteiger partial charge >= 0.3 is 0 Å². The Morgan fingerprint density at radius 1 is 1.20 bits per heavy atom. The molecule has 3 N–H and O–H groups in total. The number of nitrogens with one attached hydrogen (secondary N) is 3. The van der Waals surface area contributed by atoms with E-state index in [4.69, 9.17) is 4.99 Å². The molecule has 1 unspecified atom stereocenters. The summed E-state index contributed by atoms with van der Waals surface area (Å²) < 4.78 is 13.1. The van der Waals surface area contributed by atoms with E-state index in [1.807, 2.05) is 17.8 Å². The van der Waals surface area contributed by atoms with Gasteiger partial charge in [0.1, 0.15) is 11.7 Å². The summed E-state index contributed by atoms with van der Waals surface area (Å²) in [5.74, 6) is 0.495. The number of anilines is 1. The average molecular weight is 358 g/mol. The summed E-state index contributed by atoms with van der Waals surface area (Å²) in [6.45, 7) is 3.77. The minimum Gasteiger partial charge on any atom is -0.350 e. The quantitative estimate of drug-likeness (QED) is 0.782. The van der Waals surface area contributed by atoms with Crippen LogP contribution in [0.3, 0.4) is 0 Å². The van der Waals surface area contributed by atoms with Crippen molar-refractivity contribution >= 4 is 28.6 Å². The molecule has 1 saturated heterocycles. The molecule has 0 saturated carbocycles. The van der Waals surface area contributed by atoms with Gasteiger partial charge in [-0.15, -0.1) is 11.3 Å². The summed E-state index contributed by atoms with van der Waals surface area (Å²) in [5.41, 5.74) is 3.61. The van der Waals surface area contributed by atoms with Gasteiger partial charge in [-0.25, -0.2) is 9.38 Å². The number of thiazole rings is 1. The third kappa shape index (κ3) is 3.87. The highest BCUT2D eigenvalue weighted by Crippen LogP contribution is 2.21. The molecule has 1 aromatic heterocycles. The summed E-state index contributed by atoms with van der Waals surface area (Å²) >= 11 is 1.58. The van der Waals surface area contributed by atoms with Gasteiger partial charge in [0.2, 0.25) is 0 Å². The number of rotatable bonds is 3. The van der Waals surface area contributed by atoms with Gasteiger partial charge in [-0.3, -0.25) is 9.88 Å². The molecule has 2 aliphatic rings. The molecule has 6 nitrogen and oxygen atoms in total. The lowest BCUT2D eigenvalue weighted by Crippen LogP contribution is -2.53. The topological polar surface area (TPSA) is 64.6 Å². The molecule has 2 aliphatic heterocycles. The molecule has 130 valence electrons. The first-order valence-corrected chi connectivity index (χ1v) is 9.08. The summed E-state index contributed by atoms with van der Waals surface area (Å²) in [5, 5.41) is 10.1. The zero-order valence-electron chi connectivity index (χ0n) is 13.6. The van der Waals surface area contributed by atoms with Gasteiger partial charge in [0.15, 0.2) is 6.29 Å². The number of benzene rings is 1. The Bertz CT molecular complexity index is 765. The maximum absolute atomic E-state index is 13.1. The molecule has 1 aromatic carbocycles. The number of aromatic nitrogens is 1. The number of hydrogen-bond donors (Lipinski definition) is 3. The van der Waals surface area contributed by atoms with Crippen LogP contribution in [0.1, 0.15) is 4.88 Å². The number of aliphatic imine (C=N–C) groups is 1. The molecule has 2 aromatic rings. The average Bonchev–Trinajstić information content (AvgIpc) is 3.19. The van der Waals surface area contributed by atoms with Gasteiger partial charge in [-0.1, -0.05) is 0 Å². The molecule has 0 bridgehead atoms. The fourth-order valence-electron chi connectivity index (χ4n) is 2.86. The van der Waals surface area contributed by atoms with Gasteiger partial charge in [0, 0.05) is 44.1 Å². The van der Waals surface area contributed by atoms with E-state index in [1.54, 1.807) is 23.5 Å². The van der Waals surface area contributed by atoms with Crippen molar-refractivity contribution in [3.05, 3.63) is 52.7 Å². The van der Waals surface area contributed by atoms with Gasteiger partial charge in [-0.05, 0) is 24.3 Å². The van der Waals surface area contributed by atoms with Gasteiger partial charge < -0.3 is 16.0 Å². The van der Waals surface area contributed by atoms with E-state index in [0.29, 0.717) is 0 Å². The monoisotopic (exact) mass is 358 g/mol. The van der Waals surface area contributed by atoms with Crippen molar-refractivity contribution in [1.29, 1.82) is 0 Å². The van der Waals surface area contributed by atoms with E-state index >= 15 is 0 Å². The lowest BCUT2D eigenvalue weighted by atomic mass is 10.2. The molecule has 25 heavy (non-hydrogen) atoms. The molecular weight excluding hydrogens is 339 g/mol. The standard InChI is InChI=1S/C17H19FN6S/c18-12-1-3-13(4-2-12)21-16-9-14(15-10-20-11-25-15)22-17(23-16)24-7-5-19-6-8-24/h1-4,9-11,17,19,22H,5-8H2,(H,21,23). The summed E-state index contributed by atoms with van der Waals surface area (Å²) in [6.07, 6.45) is 3.68. The van der Waals surface area contributed by atoms with Crippen LogP contribution in [0.4, 0.5) is 10.1 Å². The van der Waals surface area contributed by atoms with Crippen LogP contribution in [0, 0.1) is 5.82 Å². The van der Waals surface area contributed by atoms with Crippen molar-refractivity contribution in [2.24, 2.45) is 4.99 Å². The lowest BCUT2D eigenvalue weighted by Gasteiger charge is -2.35. The second-order valence-electron chi connectivity index (χ2n) is 5.87. The first-order valence-electron chi connectivity index (χ1n) is 8.20. The zero-order valence-corrected chi connectivity index (χ0v) is 14.4. The van der Waals surface area contributed by atoms with E-state index in [9.17, 15) is 4.39 Å². The highest BCUT2D eigenvalue weighted by atomic mass is 32.1. The van der Waals surface area contributed by atoms with Crippen LogP contribution >= 0.6 is 11.3 Å². The van der Waals surface area contributed by atoms with Crippen molar-refractivity contribution in [1.82, 2.24) is 20.5 Å². The summed E-state index contributed by atoms with van der Waals surface area (Å²) in [4.78, 5) is 12.3. The predicted octanol–water partition coefficient (Wildman–Crippen LogP) is 1.93. The van der Waals surface area contributed by atoms with Crippen molar-refractivity contribution < 1.29 is 4.39 Å². The fourth-order valence-corrected chi connectivity index (χ4v) is 3.46. The van der Waals surface area contributed by atoms with Crippen LogP contribution in [0.5, 0.6) is 0 Å². The zero-order chi connectivity index (χ0) is 17.1. The molecular formula is C17H19FN6S. The maximum Gasteiger partial charge on any atom is 0.178 e. The molecule has 3 heterocycles. The minimum absolute atomic E-state index is 0.132. The van der Waals surface area contributed by atoms with E-state index < -0.39 is 0 Å². The van der Waals surface area contributed by atoms with Gasteiger partial charge in [0.05, 0.1) is 16.1 Å². The van der Waals surface area contributed by atoms with Crippen LogP contribution in [-0.4, -0.2) is 48.2 Å². The SMILES string of the molecule is Fc1ccc(NC2=NC(N3CCNCC3)NC(c3cncs3)=C2)cc1. The fraction of sp³-hybridized carbons (Fsp3) is 0.294. The van der Waals surface area contributed by atoms with E-state index in [-0.39, 0.29) is 12.1 Å². The van der Waals surface area contributed by atoms with Gasteiger partial charge in [0.25, 0.3) is 0 Å². The molecule has 0 aliphatic carbocycles. The first kappa shape index (κ1) is 16.2. The molecule has 0 amide bonds. The molecule has 1 fully saturated rings. The van der Waals surface area contributed by atoms with E-state index in [2.05, 4.69) is 25.8 Å². The maximum atomic E-state index is 13.1. The number of hydrogen-bond acceptors (Lipinski definition) is 7. The van der Waals surface area contributed by atoms with Gasteiger partial charge in [-0.2, -0.15) is 0 Å². The smallest absolute Gasteiger partial charge is 0.178 e. The third-order valence-electron chi connectivity index (χ3n) is 4.14. The molecule has 8 heteroatoms. The van der Waals surface area contributed by atoms with Crippen LogP contribution < -0.4 is 16.0 Å². The number of nitrogens with zero attached hydrogens (tertiary/aromatic N) is 3. The molecule has 1 atom stereocenters. The van der Waals surface area contributed by atoms with Crippen LogP contribution in [0.15, 0.2) is 47.0 Å². The van der Waals surface area contributed by atoms with Crippen molar-refractivity contribution in [3.63, 3.8) is 0 Å². The Labute approximate surface area is 149 Å². The van der Waals surface area contributed by atoms with E-state index in [1.165, 1.54) is 12.1 Å². The number of piperazine rings is 1. The first-order chi connectivity index (χ1) is 12.3. The Morgan fingerprint density at radius 3 is 2.72 bits per heavy atom. The van der Waals surface area contributed by atoms with Crippen LogP contribution in [0.2, 0.25) is 0 Å². The highest BCUT2D eigenvalue weighted by molar-refractivity contribution is 7.10. The largest absolute Gasteiger partial charge is 0.350 e. The van der Waals surface area contributed by atoms with Crippen molar-refractivity contribution in [2.75, 3.05) is 31.5 Å². The molecule has 0 spiro atoms. The Morgan fingerprint density at radius 2 is 2.00 bits per heavy atom. The lowest BCUT2D eigenvalue weighted by molar-refractivity contribution is 0.164. The Kier molecular flexibility index (Phi) is 4.73. The third-order valence-corrected chi connectivity index (χ3v) is 4.95. The number of amidine groups is 1. The Hall–Kier alpha value is -2.29. The Balaban J connectivity index is 1.60. The molecule has 4 rings (SSSR count). The number of halogens is 1. The summed E-state index contributed by atoms with van der Waals surface area (Å²) in [6, 6.07) is 6.29. The normalized spacial score (nSPS) is 21.2. The van der Waals surface area contributed by atoms with Crippen molar-refractivity contribution in [2.45, 2.75) is 6.29 Å².